The van der Waals surface area contributed by atoms with Gasteiger partial charge in [-0.25, -0.2) is 0 Å². The summed E-state index contributed by atoms with van der Waals surface area (Å²) in [4.78, 5) is 0. The van der Waals surface area contributed by atoms with Gasteiger partial charge in [0.15, 0.2) is 6.26 Å². The van der Waals surface area contributed by atoms with E-state index < -0.39 is 0 Å². The Hall–Kier alpha value is -1.77. The van der Waals surface area contributed by atoms with E-state index in [0.717, 1.165) is 22.6 Å². The van der Waals surface area contributed by atoms with E-state index in [9.17, 15) is 0 Å². The first kappa shape index (κ1) is 11.7. The van der Waals surface area contributed by atoms with Gasteiger partial charge in [-0.2, -0.15) is 4.57 Å². The van der Waals surface area contributed by atoms with Crippen LogP contribution in [0, 0.1) is 6.92 Å². The minimum absolute atomic E-state index is 0.182. The van der Waals surface area contributed by atoms with Gasteiger partial charge in [-0.05, 0) is 32.9 Å². The lowest BCUT2D eigenvalue weighted by molar-refractivity contribution is -0.664. The second-order valence-corrected chi connectivity index (χ2v) is 4.45. The molecule has 0 amide bonds. The van der Waals surface area contributed by atoms with Gasteiger partial charge in [0.25, 0.3) is 5.69 Å². The van der Waals surface area contributed by atoms with Crippen LogP contribution in [0.4, 0.5) is 0 Å². The molecule has 0 atom stereocenters. The maximum absolute atomic E-state index is 5.78. The minimum atomic E-state index is 0.182. The molecule has 0 N–H and O–H groups in total. The number of rotatable bonds is 3. The first-order valence-electron chi connectivity index (χ1n) is 5.78. The molecule has 0 fully saturated rings. The molecular weight excluding hydrogens is 214 g/mol. The molecule has 17 heavy (non-hydrogen) atoms. The van der Waals surface area contributed by atoms with E-state index in [0.29, 0.717) is 0 Å². The van der Waals surface area contributed by atoms with Gasteiger partial charge in [-0.1, -0.05) is 6.07 Å². The molecule has 2 rings (SSSR count). The van der Waals surface area contributed by atoms with Crippen LogP contribution in [0.1, 0.15) is 19.4 Å². The summed E-state index contributed by atoms with van der Waals surface area (Å²) < 4.78 is 12.9. The van der Waals surface area contributed by atoms with Crippen molar-refractivity contribution in [3.8, 4) is 17.0 Å². The van der Waals surface area contributed by atoms with Crippen LogP contribution in [0.15, 0.2) is 35.3 Å². The second kappa shape index (κ2) is 4.62. The van der Waals surface area contributed by atoms with Crippen LogP contribution in [0.3, 0.4) is 0 Å². The highest BCUT2D eigenvalue weighted by Gasteiger charge is 2.16. The van der Waals surface area contributed by atoms with Gasteiger partial charge >= 0.3 is 6.39 Å². The molecule has 3 nitrogen and oxygen atoms in total. The van der Waals surface area contributed by atoms with E-state index in [4.69, 9.17) is 9.15 Å². The van der Waals surface area contributed by atoms with E-state index in [1.54, 1.807) is 12.7 Å². The number of benzene rings is 1. The molecule has 0 spiro atoms. The Morgan fingerprint density at radius 3 is 2.65 bits per heavy atom. The Labute approximate surface area is 102 Å². The highest BCUT2D eigenvalue weighted by Crippen LogP contribution is 2.28. The van der Waals surface area contributed by atoms with Crippen molar-refractivity contribution in [2.24, 2.45) is 7.05 Å². The molecule has 0 aliphatic heterocycles. The Balaban J connectivity index is 2.46. The molecule has 1 aromatic carbocycles. The predicted molar refractivity (Wildman–Crippen MR) is 65.8 cm³/mol. The third kappa shape index (κ3) is 2.33. The van der Waals surface area contributed by atoms with Crippen LogP contribution in [-0.4, -0.2) is 6.10 Å². The molecule has 1 aromatic heterocycles. The summed E-state index contributed by atoms with van der Waals surface area (Å²) in [5.41, 5.74) is 3.33. The van der Waals surface area contributed by atoms with Crippen molar-refractivity contribution < 1.29 is 13.7 Å². The monoisotopic (exact) mass is 232 g/mol. The van der Waals surface area contributed by atoms with Gasteiger partial charge in [-0.15, -0.1) is 0 Å². The Morgan fingerprint density at radius 2 is 2.06 bits per heavy atom. The third-order valence-corrected chi connectivity index (χ3v) is 2.70. The highest BCUT2D eigenvalue weighted by atomic mass is 16.5. The smallest absolute Gasteiger partial charge is 0.334 e. The summed E-state index contributed by atoms with van der Waals surface area (Å²) >= 11 is 0. The predicted octanol–water partition coefficient (Wildman–Crippen LogP) is 2.87. The van der Waals surface area contributed by atoms with Crippen molar-refractivity contribution in [1.82, 2.24) is 0 Å². The quantitative estimate of drug-likeness (QED) is 0.761. The molecule has 0 aliphatic carbocycles. The molecular formula is C14H18NO2+. The van der Waals surface area contributed by atoms with Gasteiger partial charge < -0.3 is 9.15 Å². The average Bonchev–Trinajstić information content (AvgIpc) is 2.67. The van der Waals surface area contributed by atoms with E-state index >= 15 is 0 Å². The van der Waals surface area contributed by atoms with Gasteiger partial charge in [0, 0.05) is 5.56 Å². The van der Waals surface area contributed by atoms with Crippen LogP contribution in [0.25, 0.3) is 11.3 Å². The first-order chi connectivity index (χ1) is 8.09. The van der Waals surface area contributed by atoms with Gasteiger partial charge in [0.05, 0.1) is 11.7 Å². The van der Waals surface area contributed by atoms with Crippen molar-refractivity contribution >= 4 is 0 Å². The van der Waals surface area contributed by atoms with Crippen molar-refractivity contribution in [2.45, 2.75) is 26.9 Å². The zero-order valence-electron chi connectivity index (χ0n) is 10.7. The summed E-state index contributed by atoms with van der Waals surface area (Å²) in [6.07, 6.45) is 3.62. The SMILES string of the molecule is Cc1c(OC(C)C)cccc1-c1coc[n+]1C. The Kier molecular flexibility index (Phi) is 3.18. The Morgan fingerprint density at radius 1 is 1.29 bits per heavy atom. The summed E-state index contributed by atoms with van der Waals surface area (Å²) in [6.45, 7) is 6.13. The molecule has 1 heterocycles. The lowest BCUT2D eigenvalue weighted by atomic mass is 10.1. The van der Waals surface area contributed by atoms with E-state index in [2.05, 4.69) is 13.0 Å². The van der Waals surface area contributed by atoms with Crippen molar-refractivity contribution in [3.05, 3.63) is 36.4 Å². The van der Waals surface area contributed by atoms with Gasteiger partial charge in [0.1, 0.15) is 12.8 Å². The average molecular weight is 232 g/mol. The minimum Gasteiger partial charge on any atom is -0.491 e. The number of oxazole rings is 1. The number of nitrogens with zero attached hydrogens (tertiary/aromatic N) is 1. The largest absolute Gasteiger partial charge is 0.491 e. The molecule has 0 unspecified atom stereocenters. The number of hydrogen-bond donors (Lipinski definition) is 0. The van der Waals surface area contributed by atoms with Crippen LogP contribution < -0.4 is 9.30 Å². The van der Waals surface area contributed by atoms with Gasteiger partial charge in [-0.3, -0.25) is 0 Å². The zero-order chi connectivity index (χ0) is 12.4. The fourth-order valence-electron chi connectivity index (χ4n) is 1.85. The normalized spacial score (nSPS) is 10.9. The molecule has 0 saturated carbocycles. The lowest BCUT2D eigenvalue weighted by Crippen LogP contribution is -2.27. The second-order valence-electron chi connectivity index (χ2n) is 4.45. The highest BCUT2D eigenvalue weighted by molar-refractivity contribution is 5.63. The van der Waals surface area contributed by atoms with E-state index in [1.807, 2.05) is 37.6 Å². The van der Waals surface area contributed by atoms with Crippen LogP contribution in [0.5, 0.6) is 5.75 Å². The zero-order valence-corrected chi connectivity index (χ0v) is 10.7. The van der Waals surface area contributed by atoms with Gasteiger partial charge in [0.2, 0.25) is 0 Å². The molecule has 0 radical (unpaired) electrons. The molecule has 0 saturated heterocycles. The molecule has 90 valence electrons. The summed E-state index contributed by atoms with van der Waals surface area (Å²) in [6, 6.07) is 6.08. The molecule has 3 heteroatoms. The summed E-state index contributed by atoms with van der Waals surface area (Å²) in [5.74, 6) is 0.929. The van der Waals surface area contributed by atoms with Crippen molar-refractivity contribution in [3.63, 3.8) is 0 Å². The topological polar surface area (TPSA) is 26.2 Å². The Bertz CT molecular complexity index is 515. The number of aryl methyl sites for hydroxylation is 1. The standard InChI is InChI=1S/C14H18NO2/c1-10(2)17-14-7-5-6-12(11(14)3)13-8-16-9-15(13)4/h5-10H,1-4H3/q+1. The number of hydrogen-bond acceptors (Lipinski definition) is 2. The molecule has 2 aromatic rings. The fourth-order valence-corrected chi connectivity index (χ4v) is 1.85. The van der Waals surface area contributed by atoms with Crippen LogP contribution in [-0.2, 0) is 7.05 Å². The van der Waals surface area contributed by atoms with Crippen molar-refractivity contribution in [2.75, 3.05) is 0 Å². The lowest BCUT2D eigenvalue weighted by Gasteiger charge is -2.13. The van der Waals surface area contributed by atoms with Crippen molar-refractivity contribution in [1.29, 1.82) is 0 Å². The van der Waals surface area contributed by atoms with Crippen LogP contribution in [0.2, 0.25) is 0 Å². The van der Waals surface area contributed by atoms with E-state index in [1.165, 1.54) is 0 Å². The first-order valence-corrected chi connectivity index (χ1v) is 5.78. The number of aromatic nitrogens is 1. The molecule has 0 bridgehead atoms. The fraction of sp³-hybridized carbons (Fsp3) is 0.357. The van der Waals surface area contributed by atoms with Crippen LogP contribution >= 0.6 is 0 Å². The maximum atomic E-state index is 5.78. The molecule has 0 aliphatic rings. The summed E-state index contributed by atoms with van der Waals surface area (Å²) in [5, 5.41) is 0. The summed E-state index contributed by atoms with van der Waals surface area (Å²) in [7, 11) is 1.97. The van der Waals surface area contributed by atoms with E-state index in [-0.39, 0.29) is 6.10 Å². The maximum Gasteiger partial charge on any atom is 0.334 e. The number of ether oxygens (including phenoxy) is 1. The third-order valence-electron chi connectivity index (χ3n) is 2.70.